The van der Waals surface area contributed by atoms with Crippen LogP contribution in [-0.2, 0) is 4.79 Å². The number of carbonyl (C=O) groups excluding carboxylic acids is 1. The minimum absolute atomic E-state index is 0.193. The van der Waals surface area contributed by atoms with Gasteiger partial charge in [-0.3, -0.25) is 4.79 Å². The first-order chi connectivity index (χ1) is 11.7. The maximum atomic E-state index is 12.9. The van der Waals surface area contributed by atoms with Gasteiger partial charge in [0.25, 0.3) is 0 Å². The first kappa shape index (κ1) is 15.6. The predicted octanol–water partition coefficient (Wildman–Crippen LogP) is 3.29. The van der Waals surface area contributed by atoms with Crippen LogP contribution in [0.15, 0.2) is 35.8 Å². The Bertz CT molecular complexity index is 715. The normalized spacial score (nSPS) is 23.9. The lowest BCUT2D eigenvalue weighted by atomic mass is 10.1. The monoisotopic (exact) mass is 341 g/mol. The van der Waals surface area contributed by atoms with E-state index in [9.17, 15) is 4.79 Å². The molecular weight excluding hydrogens is 318 g/mol. The molecule has 0 bridgehead atoms. The molecule has 126 valence electrons. The number of anilines is 1. The molecule has 1 aliphatic heterocycles. The fraction of sp³-hybridized carbons (Fsp3) is 0.474. The van der Waals surface area contributed by atoms with Gasteiger partial charge in [-0.05, 0) is 31.2 Å². The molecule has 0 radical (unpaired) electrons. The predicted molar refractivity (Wildman–Crippen MR) is 97.6 cm³/mol. The Morgan fingerprint density at radius 1 is 1.25 bits per heavy atom. The Balaban J connectivity index is 1.37. The molecule has 1 saturated carbocycles. The van der Waals surface area contributed by atoms with Crippen molar-refractivity contribution in [2.45, 2.75) is 25.7 Å². The highest BCUT2D eigenvalue weighted by Gasteiger charge is 2.45. The van der Waals surface area contributed by atoms with E-state index >= 15 is 0 Å². The molecule has 0 spiro atoms. The molecule has 5 heteroatoms. The van der Waals surface area contributed by atoms with Crippen molar-refractivity contribution in [2.24, 2.45) is 5.92 Å². The van der Waals surface area contributed by atoms with E-state index in [1.54, 1.807) is 11.3 Å². The molecule has 2 aliphatic rings. The molecule has 0 unspecified atom stereocenters. The summed E-state index contributed by atoms with van der Waals surface area (Å²) in [4.78, 5) is 21.7. The van der Waals surface area contributed by atoms with Gasteiger partial charge >= 0.3 is 0 Å². The first-order valence-electron chi connectivity index (χ1n) is 8.72. The number of amides is 1. The fourth-order valence-corrected chi connectivity index (χ4v) is 4.37. The van der Waals surface area contributed by atoms with E-state index in [1.165, 1.54) is 11.1 Å². The van der Waals surface area contributed by atoms with E-state index < -0.39 is 0 Å². The van der Waals surface area contributed by atoms with Gasteiger partial charge in [0.05, 0.1) is 0 Å². The van der Waals surface area contributed by atoms with Crippen molar-refractivity contribution in [2.75, 3.05) is 31.1 Å². The molecule has 1 aliphatic carbocycles. The molecule has 4 nitrogen and oxygen atoms in total. The van der Waals surface area contributed by atoms with Crippen molar-refractivity contribution in [1.29, 1.82) is 0 Å². The Morgan fingerprint density at radius 2 is 2.17 bits per heavy atom. The van der Waals surface area contributed by atoms with Crippen LogP contribution >= 0.6 is 11.3 Å². The molecule has 24 heavy (non-hydrogen) atoms. The second kappa shape index (κ2) is 6.55. The zero-order valence-electron chi connectivity index (χ0n) is 14.0. The standard InChI is InChI=1S/C19H23N3OS/c1-14-4-2-5-15(12-14)16-13-17(16)18(23)21-7-3-8-22(10-9-21)19-20-6-11-24-19/h2,4-6,11-12,16-17H,3,7-10,13H2,1H3/t16-,17+/m0/s1. The lowest BCUT2D eigenvalue weighted by Crippen LogP contribution is -2.36. The fourth-order valence-electron chi connectivity index (χ4n) is 3.67. The van der Waals surface area contributed by atoms with E-state index in [-0.39, 0.29) is 5.92 Å². The van der Waals surface area contributed by atoms with E-state index in [2.05, 4.69) is 46.0 Å². The van der Waals surface area contributed by atoms with Crippen LogP contribution in [0.25, 0.3) is 0 Å². The average molecular weight is 341 g/mol. The van der Waals surface area contributed by atoms with Crippen molar-refractivity contribution >= 4 is 22.4 Å². The summed E-state index contributed by atoms with van der Waals surface area (Å²) in [5, 5.41) is 3.09. The third-order valence-electron chi connectivity index (χ3n) is 5.08. The quantitative estimate of drug-likeness (QED) is 0.859. The van der Waals surface area contributed by atoms with E-state index in [1.807, 2.05) is 11.6 Å². The average Bonchev–Trinajstić information content (AvgIpc) is 3.28. The largest absolute Gasteiger partial charge is 0.346 e. The smallest absolute Gasteiger partial charge is 0.226 e. The lowest BCUT2D eigenvalue weighted by molar-refractivity contribution is -0.132. The van der Waals surface area contributed by atoms with Crippen LogP contribution in [-0.4, -0.2) is 42.0 Å². The number of hydrogen-bond acceptors (Lipinski definition) is 4. The number of aromatic nitrogens is 1. The Hall–Kier alpha value is -1.88. The van der Waals surface area contributed by atoms with Gasteiger partial charge < -0.3 is 9.80 Å². The van der Waals surface area contributed by atoms with E-state index in [4.69, 9.17) is 0 Å². The van der Waals surface area contributed by atoms with Gasteiger partial charge in [-0.2, -0.15) is 0 Å². The molecular formula is C19H23N3OS. The topological polar surface area (TPSA) is 36.4 Å². The summed E-state index contributed by atoms with van der Waals surface area (Å²) in [6.45, 7) is 5.68. The summed E-state index contributed by atoms with van der Waals surface area (Å²) >= 11 is 1.68. The van der Waals surface area contributed by atoms with Gasteiger partial charge in [0, 0.05) is 43.7 Å². The number of nitrogens with zero attached hydrogens (tertiary/aromatic N) is 3. The SMILES string of the molecule is Cc1cccc([C@@H]2C[C@H]2C(=O)N2CCCN(c3nccs3)CC2)c1. The van der Waals surface area contributed by atoms with Gasteiger partial charge in [-0.25, -0.2) is 4.98 Å². The molecule has 2 atom stereocenters. The summed E-state index contributed by atoms with van der Waals surface area (Å²) in [6.07, 6.45) is 3.88. The van der Waals surface area contributed by atoms with Gasteiger partial charge in [0.1, 0.15) is 0 Å². The van der Waals surface area contributed by atoms with Crippen molar-refractivity contribution in [3.05, 3.63) is 47.0 Å². The van der Waals surface area contributed by atoms with E-state index in [0.29, 0.717) is 11.8 Å². The van der Waals surface area contributed by atoms with Crippen molar-refractivity contribution in [3.63, 3.8) is 0 Å². The van der Waals surface area contributed by atoms with Gasteiger partial charge in [-0.1, -0.05) is 29.8 Å². The number of rotatable bonds is 3. The summed E-state index contributed by atoms with van der Waals surface area (Å²) in [7, 11) is 0. The Morgan fingerprint density at radius 3 is 2.96 bits per heavy atom. The minimum atomic E-state index is 0.193. The summed E-state index contributed by atoms with van der Waals surface area (Å²) in [6, 6.07) is 8.61. The zero-order chi connectivity index (χ0) is 16.5. The molecule has 2 fully saturated rings. The third-order valence-corrected chi connectivity index (χ3v) is 5.91. The van der Waals surface area contributed by atoms with Crippen LogP contribution in [0, 0.1) is 12.8 Å². The molecule has 1 aromatic carbocycles. The van der Waals surface area contributed by atoms with Crippen LogP contribution in [0.4, 0.5) is 5.13 Å². The molecule has 0 N–H and O–H groups in total. The summed E-state index contributed by atoms with van der Waals surface area (Å²) in [5.74, 6) is 0.969. The maximum absolute atomic E-state index is 12.9. The number of hydrogen-bond donors (Lipinski definition) is 0. The van der Waals surface area contributed by atoms with Gasteiger partial charge in [0.2, 0.25) is 5.91 Å². The van der Waals surface area contributed by atoms with Crippen molar-refractivity contribution < 1.29 is 4.79 Å². The third kappa shape index (κ3) is 3.18. The molecule has 1 saturated heterocycles. The van der Waals surface area contributed by atoms with Crippen LogP contribution in [0.1, 0.15) is 29.9 Å². The van der Waals surface area contributed by atoms with E-state index in [0.717, 1.165) is 44.2 Å². The Kier molecular flexibility index (Phi) is 4.27. The minimum Gasteiger partial charge on any atom is -0.346 e. The highest BCUT2D eigenvalue weighted by molar-refractivity contribution is 7.13. The number of thiazole rings is 1. The first-order valence-corrected chi connectivity index (χ1v) is 9.60. The number of benzene rings is 1. The second-order valence-corrected chi connectivity index (χ2v) is 7.72. The highest BCUT2D eigenvalue weighted by Crippen LogP contribution is 2.48. The van der Waals surface area contributed by atoms with Crippen LogP contribution < -0.4 is 4.90 Å². The number of aryl methyl sites for hydroxylation is 1. The van der Waals surface area contributed by atoms with Crippen LogP contribution in [0.2, 0.25) is 0 Å². The van der Waals surface area contributed by atoms with Crippen LogP contribution in [0.3, 0.4) is 0 Å². The molecule has 4 rings (SSSR count). The van der Waals surface area contributed by atoms with Crippen LogP contribution in [0.5, 0.6) is 0 Å². The maximum Gasteiger partial charge on any atom is 0.226 e. The number of carbonyl (C=O) groups is 1. The van der Waals surface area contributed by atoms with Gasteiger partial charge in [-0.15, -0.1) is 11.3 Å². The Labute approximate surface area is 147 Å². The van der Waals surface area contributed by atoms with Gasteiger partial charge in [0.15, 0.2) is 5.13 Å². The zero-order valence-corrected chi connectivity index (χ0v) is 14.8. The lowest BCUT2D eigenvalue weighted by Gasteiger charge is -2.22. The summed E-state index contributed by atoms with van der Waals surface area (Å²) < 4.78 is 0. The summed E-state index contributed by atoms with van der Waals surface area (Å²) in [5.41, 5.74) is 2.60. The highest BCUT2D eigenvalue weighted by atomic mass is 32.1. The molecule has 1 amide bonds. The second-order valence-electron chi connectivity index (χ2n) is 6.84. The van der Waals surface area contributed by atoms with Crippen molar-refractivity contribution in [3.8, 4) is 0 Å². The molecule has 1 aromatic heterocycles. The van der Waals surface area contributed by atoms with Crippen molar-refractivity contribution in [1.82, 2.24) is 9.88 Å². The molecule has 2 aromatic rings. The molecule has 2 heterocycles.